The van der Waals surface area contributed by atoms with E-state index in [4.69, 9.17) is 5.11 Å². The highest BCUT2D eigenvalue weighted by Crippen LogP contribution is 2.31. The number of alkyl halides is 3. The van der Waals surface area contributed by atoms with E-state index in [0.717, 1.165) is 18.2 Å². The Hall–Kier alpha value is -2.09. The summed E-state index contributed by atoms with van der Waals surface area (Å²) in [7, 11) is 0. The highest BCUT2D eigenvalue weighted by molar-refractivity contribution is 5.98. The largest absolute Gasteiger partial charge is 0.464 e. The van der Waals surface area contributed by atoms with Crippen LogP contribution in [0.15, 0.2) is 24.3 Å². The van der Waals surface area contributed by atoms with Crippen LogP contribution in [0.3, 0.4) is 0 Å². The number of hydrogen-bond donors (Lipinski definition) is 2. The third-order valence-corrected chi connectivity index (χ3v) is 2.54. The summed E-state index contributed by atoms with van der Waals surface area (Å²) in [6.07, 6.45) is -4.70. The lowest BCUT2D eigenvalue weighted by molar-refractivity contribution is -0.146. The van der Waals surface area contributed by atoms with E-state index in [2.05, 4.69) is 4.74 Å². The summed E-state index contributed by atoms with van der Waals surface area (Å²) >= 11 is 0. The number of carbonyl (C=O) groups excluding carboxylic acids is 2. The van der Waals surface area contributed by atoms with E-state index >= 15 is 0 Å². The van der Waals surface area contributed by atoms with Gasteiger partial charge in [0.2, 0.25) is 0 Å². The van der Waals surface area contributed by atoms with Gasteiger partial charge in [-0.05, 0) is 19.1 Å². The topological polar surface area (TPSA) is 75.6 Å². The molecule has 116 valence electrons. The fourth-order valence-electron chi connectivity index (χ4n) is 1.59. The van der Waals surface area contributed by atoms with Crippen LogP contribution in [0.4, 0.5) is 13.2 Å². The SMILES string of the molecule is CCOC(=O)C(CO)NC(=O)c1ccccc1C(F)(F)F. The smallest absolute Gasteiger partial charge is 0.417 e. The molecule has 1 aromatic rings. The predicted molar refractivity (Wildman–Crippen MR) is 66.4 cm³/mol. The molecule has 21 heavy (non-hydrogen) atoms. The van der Waals surface area contributed by atoms with E-state index in [1.54, 1.807) is 0 Å². The molecular weight excluding hydrogens is 291 g/mol. The summed E-state index contributed by atoms with van der Waals surface area (Å²) in [5.74, 6) is -2.03. The fraction of sp³-hybridized carbons (Fsp3) is 0.385. The van der Waals surface area contributed by atoms with Gasteiger partial charge in [0, 0.05) is 0 Å². The lowest BCUT2D eigenvalue weighted by Gasteiger charge is -2.17. The van der Waals surface area contributed by atoms with Crippen LogP contribution in [0.1, 0.15) is 22.8 Å². The highest BCUT2D eigenvalue weighted by atomic mass is 19.4. The lowest BCUT2D eigenvalue weighted by Crippen LogP contribution is -2.44. The third-order valence-electron chi connectivity index (χ3n) is 2.54. The van der Waals surface area contributed by atoms with Crippen LogP contribution in [-0.2, 0) is 15.7 Å². The molecule has 1 rings (SSSR count). The van der Waals surface area contributed by atoms with E-state index in [0.29, 0.717) is 0 Å². The van der Waals surface area contributed by atoms with E-state index < -0.39 is 41.8 Å². The Morgan fingerprint density at radius 1 is 1.33 bits per heavy atom. The fourth-order valence-corrected chi connectivity index (χ4v) is 1.59. The van der Waals surface area contributed by atoms with Crippen molar-refractivity contribution in [2.24, 2.45) is 0 Å². The van der Waals surface area contributed by atoms with Crippen molar-refractivity contribution in [2.45, 2.75) is 19.1 Å². The van der Waals surface area contributed by atoms with Gasteiger partial charge in [-0.3, -0.25) is 4.79 Å². The quantitative estimate of drug-likeness (QED) is 0.805. The molecule has 0 heterocycles. The second kappa shape index (κ2) is 7.07. The molecule has 0 aliphatic rings. The molecule has 8 heteroatoms. The van der Waals surface area contributed by atoms with Gasteiger partial charge in [-0.2, -0.15) is 13.2 Å². The number of aliphatic hydroxyl groups excluding tert-OH is 1. The van der Waals surface area contributed by atoms with Crippen LogP contribution < -0.4 is 5.32 Å². The first kappa shape index (κ1) is 17.0. The Morgan fingerprint density at radius 2 is 1.95 bits per heavy atom. The second-order valence-corrected chi connectivity index (χ2v) is 4.00. The van der Waals surface area contributed by atoms with E-state index in [1.807, 2.05) is 5.32 Å². The Balaban J connectivity index is 2.97. The number of carbonyl (C=O) groups is 2. The molecule has 1 atom stereocenters. The summed E-state index contributed by atoms with van der Waals surface area (Å²) in [5, 5.41) is 11.0. The zero-order valence-corrected chi connectivity index (χ0v) is 11.1. The van der Waals surface area contributed by atoms with Crippen LogP contribution in [0.5, 0.6) is 0 Å². The average molecular weight is 305 g/mol. The summed E-state index contributed by atoms with van der Waals surface area (Å²) < 4.78 is 43.0. The van der Waals surface area contributed by atoms with Gasteiger partial charge in [0.25, 0.3) is 5.91 Å². The standard InChI is InChI=1S/C13H14F3NO4/c1-2-21-12(20)10(7-18)17-11(19)8-5-3-4-6-9(8)13(14,15)16/h3-6,10,18H,2,7H2,1H3,(H,17,19). The molecule has 0 aliphatic heterocycles. The van der Waals surface area contributed by atoms with Crippen LogP contribution in [-0.4, -0.2) is 36.2 Å². The Labute approximate surface area is 118 Å². The van der Waals surface area contributed by atoms with E-state index in [9.17, 15) is 22.8 Å². The molecule has 0 radical (unpaired) electrons. The van der Waals surface area contributed by atoms with Gasteiger partial charge in [-0.1, -0.05) is 12.1 Å². The zero-order chi connectivity index (χ0) is 16.0. The van der Waals surface area contributed by atoms with Crippen molar-refractivity contribution >= 4 is 11.9 Å². The van der Waals surface area contributed by atoms with Crippen molar-refractivity contribution in [1.82, 2.24) is 5.32 Å². The molecule has 0 aliphatic carbocycles. The van der Waals surface area contributed by atoms with Crippen molar-refractivity contribution in [1.29, 1.82) is 0 Å². The first-order chi connectivity index (χ1) is 9.81. The number of esters is 1. The van der Waals surface area contributed by atoms with Crippen molar-refractivity contribution < 1.29 is 32.6 Å². The minimum atomic E-state index is -4.70. The van der Waals surface area contributed by atoms with Gasteiger partial charge in [0.05, 0.1) is 24.3 Å². The number of amides is 1. The number of halogens is 3. The van der Waals surface area contributed by atoms with Crippen LogP contribution in [0.25, 0.3) is 0 Å². The summed E-state index contributed by atoms with van der Waals surface area (Å²) in [6.45, 7) is 0.760. The van der Waals surface area contributed by atoms with Gasteiger partial charge in [-0.15, -0.1) is 0 Å². The minimum Gasteiger partial charge on any atom is -0.464 e. The monoisotopic (exact) mass is 305 g/mol. The maximum Gasteiger partial charge on any atom is 0.417 e. The lowest BCUT2D eigenvalue weighted by atomic mass is 10.1. The molecule has 0 fully saturated rings. The van der Waals surface area contributed by atoms with Crippen molar-refractivity contribution in [3.05, 3.63) is 35.4 Å². The normalized spacial score (nSPS) is 12.6. The predicted octanol–water partition coefficient (Wildman–Crippen LogP) is 1.36. The molecule has 0 saturated carbocycles. The minimum absolute atomic E-state index is 0.0182. The van der Waals surface area contributed by atoms with Gasteiger partial charge < -0.3 is 15.2 Å². The van der Waals surface area contributed by atoms with Crippen molar-refractivity contribution in [3.8, 4) is 0 Å². The van der Waals surface area contributed by atoms with Crippen molar-refractivity contribution in [2.75, 3.05) is 13.2 Å². The number of rotatable bonds is 5. The number of hydrogen-bond acceptors (Lipinski definition) is 4. The number of benzene rings is 1. The average Bonchev–Trinajstić information content (AvgIpc) is 2.43. The van der Waals surface area contributed by atoms with Crippen molar-refractivity contribution in [3.63, 3.8) is 0 Å². The summed E-state index contributed by atoms with van der Waals surface area (Å²) in [4.78, 5) is 23.3. The first-order valence-electron chi connectivity index (χ1n) is 6.05. The molecule has 0 aromatic heterocycles. The molecule has 0 bridgehead atoms. The zero-order valence-electron chi connectivity index (χ0n) is 11.1. The van der Waals surface area contributed by atoms with Gasteiger partial charge in [-0.25, -0.2) is 4.79 Å². The molecule has 5 nitrogen and oxygen atoms in total. The van der Waals surface area contributed by atoms with Crippen LogP contribution >= 0.6 is 0 Å². The number of nitrogens with one attached hydrogen (secondary N) is 1. The van der Waals surface area contributed by atoms with Gasteiger partial charge in [0.1, 0.15) is 0 Å². The third kappa shape index (κ3) is 4.45. The highest BCUT2D eigenvalue weighted by Gasteiger charge is 2.35. The first-order valence-corrected chi connectivity index (χ1v) is 6.05. The van der Waals surface area contributed by atoms with E-state index in [1.165, 1.54) is 13.0 Å². The van der Waals surface area contributed by atoms with Gasteiger partial charge >= 0.3 is 12.1 Å². The maximum atomic E-state index is 12.8. The summed E-state index contributed by atoms with van der Waals surface area (Å²) in [6, 6.07) is 2.74. The maximum absolute atomic E-state index is 12.8. The molecule has 0 saturated heterocycles. The molecular formula is C13H14F3NO4. The molecule has 1 aromatic carbocycles. The molecule has 1 unspecified atom stereocenters. The van der Waals surface area contributed by atoms with E-state index in [-0.39, 0.29) is 6.61 Å². The Morgan fingerprint density at radius 3 is 2.48 bits per heavy atom. The summed E-state index contributed by atoms with van der Waals surface area (Å²) in [5.41, 5.74) is -1.75. The van der Waals surface area contributed by atoms with Gasteiger partial charge in [0.15, 0.2) is 6.04 Å². The molecule has 2 N–H and O–H groups in total. The second-order valence-electron chi connectivity index (χ2n) is 4.00. The number of aliphatic hydroxyl groups is 1. The Kier molecular flexibility index (Phi) is 5.71. The number of ether oxygens (including phenoxy) is 1. The van der Waals surface area contributed by atoms with Crippen LogP contribution in [0.2, 0.25) is 0 Å². The van der Waals surface area contributed by atoms with Crippen LogP contribution in [0, 0.1) is 0 Å². The molecule has 0 spiro atoms. The molecule has 1 amide bonds. The Bertz CT molecular complexity index is 516.